The van der Waals surface area contributed by atoms with Crippen molar-refractivity contribution in [1.29, 1.82) is 0 Å². The summed E-state index contributed by atoms with van der Waals surface area (Å²) >= 11 is 0. The van der Waals surface area contributed by atoms with Crippen molar-refractivity contribution in [2.45, 2.75) is 52.0 Å². The molecule has 0 aromatic heterocycles. The lowest BCUT2D eigenvalue weighted by molar-refractivity contribution is -0.142. The Labute approximate surface area is 107 Å². The highest BCUT2D eigenvalue weighted by atomic mass is 16.5. The monoisotopic (exact) mass is 255 g/mol. The van der Waals surface area contributed by atoms with Gasteiger partial charge in [-0.2, -0.15) is 0 Å². The fraction of sp³-hybridized carbons (Fsp3) is 0.769. The van der Waals surface area contributed by atoms with Crippen LogP contribution in [0.25, 0.3) is 0 Å². The summed E-state index contributed by atoms with van der Waals surface area (Å²) in [5.74, 6) is -0.891. The highest BCUT2D eigenvalue weighted by molar-refractivity contribution is 5.99. The topological polar surface area (TPSA) is 72.5 Å². The Morgan fingerprint density at radius 3 is 2.67 bits per heavy atom. The molecule has 1 N–H and O–H groups in total. The Morgan fingerprint density at radius 1 is 1.39 bits per heavy atom. The number of carbonyl (C=O) groups is 3. The Hall–Kier alpha value is -1.39. The predicted molar refractivity (Wildman–Crippen MR) is 65.8 cm³/mol. The van der Waals surface area contributed by atoms with Crippen molar-refractivity contribution in [3.05, 3.63) is 0 Å². The van der Waals surface area contributed by atoms with Gasteiger partial charge < -0.3 is 10.1 Å². The van der Waals surface area contributed by atoms with Crippen LogP contribution in [0.3, 0.4) is 0 Å². The maximum absolute atomic E-state index is 11.6. The molecule has 5 nitrogen and oxygen atoms in total. The Bertz CT molecular complexity index is 327. The smallest absolute Gasteiger partial charge is 0.329 e. The van der Waals surface area contributed by atoms with Crippen molar-refractivity contribution in [3.63, 3.8) is 0 Å². The number of amides is 1. The zero-order valence-electron chi connectivity index (χ0n) is 11.0. The van der Waals surface area contributed by atoms with Crippen LogP contribution in [0.2, 0.25) is 0 Å². The van der Waals surface area contributed by atoms with E-state index in [1.807, 2.05) is 6.92 Å². The van der Waals surface area contributed by atoms with Crippen LogP contribution < -0.4 is 5.32 Å². The summed E-state index contributed by atoms with van der Waals surface area (Å²) in [7, 11) is 0. The van der Waals surface area contributed by atoms with Crippen LogP contribution in [0.4, 0.5) is 0 Å². The molecule has 0 aromatic carbocycles. The molecule has 2 atom stereocenters. The van der Waals surface area contributed by atoms with E-state index in [2.05, 4.69) is 12.2 Å². The molecule has 102 valence electrons. The van der Waals surface area contributed by atoms with E-state index >= 15 is 0 Å². The van der Waals surface area contributed by atoms with Gasteiger partial charge in [0.2, 0.25) is 5.91 Å². The van der Waals surface area contributed by atoms with E-state index in [0.717, 1.165) is 19.3 Å². The molecule has 1 amide bonds. The van der Waals surface area contributed by atoms with Gasteiger partial charge in [-0.25, -0.2) is 4.79 Å². The molecule has 0 saturated carbocycles. The molecule has 1 heterocycles. The number of unbranched alkanes of at least 4 members (excludes halogenated alkanes) is 2. The van der Waals surface area contributed by atoms with Gasteiger partial charge in [0.1, 0.15) is 11.8 Å². The number of cyclic esters (lactones) is 1. The number of carbonyl (C=O) groups excluding carboxylic acids is 3. The zero-order valence-corrected chi connectivity index (χ0v) is 11.0. The van der Waals surface area contributed by atoms with Gasteiger partial charge in [-0.15, -0.1) is 0 Å². The van der Waals surface area contributed by atoms with Gasteiger partial charge in [-0.3, -0.25) is 9.59 Å². The summed E-state index contributed by atoms with van der Waals surface area (Å²) in [5, 5.41) is 2.57. The molecule has 0 radical (unpaired) electrons. The number of nitrogens with one attached hydrogen (secondary N) is 1. The molecule has 1 saturated heterocycles. The van der Waals surface area contributed by atoms with E-state index in [0.29, 0.717) is 13.0 Å². The van der Waals surface area contributed by atoms with Gasteiger partial charge >= 0.3 is 5.97 Å². The summed E-state index contributed by atoms with van der Waals surface area (Å²) in [6.07, 6.45) is 3.17. The summed E-state index contributed by atoms with van der Waals surface area (Å²) in [6, 6.07) is -0.596. The van der Waals surface area contributed by atoms with Crippen LogP contribution in [-0.4, -0.2) is 30.3 Å². The molecule has 1 rings (SSSR count). The second-order valence-electron chi connectivity index (χ2n) is 4.83. The Kier molecular flexibility index (Phi) is 5.82. The normalized spacial score (nSPS) is 22.7. The van der Waals surface area contributed by atoms with Crippen molar-refractivity contribution in [3.8, 4) is 0 Å². The van der Waals surface area contributed by atoms with Crippen molar-refractivity contribution in [1.82, 2.24) is 5.32 Å². The molecule has 0 aromatic rings. The fourth-order valence-electron chi connectivity index (χ4n) is 1.90. The minimum Gasteiger partial charge on any atom is -0.464 e. The van der Waals surface area contributed by atoms with Crippen molar-refractivity contribution < 1.29 is 19.1 Å². The third kappa shape index (κ3) is 4.47. The minimum absolute atomic E-state index is 0.0309. The largest absolute Gasteiger partial charge is 0.464 e. The first-order chi connectivity index (χ1) is 8.54. The summed E-state index contributed by atoms with van der Waals surface area (Å²) in [6.45, 7) is 4.22. The van der Waals surface area contributed by atoms with Crippen LogP contribution >= 0.6 is 0 Å². The lowest BCUT2D eigenvalue weighted by Crippen LogP contribution is -2.42. The van der Waals surface area contributed by atoms with Crippen LogP contribution in [0.15, 0.2) is 0 Å². The average Bonchev–Trinajstić information content (AvgIpc) is 2.61. The second kappa shape index (κ2) is 7.13. The molecular weight excluding hydrogens is 234 g/mol. The molecule has 0 bridgehead atoms. The molecular formula is C13H21NO4. The first kappa shape index (κ1) is 14.7. The molecule has 0 aliphatic carbocycles. The number of esters is 1. The first-order valence-corrected chi connectivity index (χ1v) is 6.52. The summed E-state index contributed by atoms with van der Waals surface area (Å²) in [4.78, 5) is 34.4. The third-order valence-corrected chi connectivity index (χ3v) is 3.04. The van der Waals surface area contributed by atoms with E-state index in [9.17, 15) is 14.4 Å². The standard InChI is InChI=1S/C13H21NO4/c1-3-4-5-6-10(15)7-11(16)14-12-9(2)8-18-13(12)17/h9,12H,3-8H2,1-2H3,(H,14,16)/t9-,12-/m0/s1. The minimum atomic E-state index is -0.596. The van der Waals surface area contributed by atoms with Crippen LogP contribution in [0.1, 0.15) is 46.0 Å². The van der Waals surface area contributed by atoms with Gasteiger partial charge in [-0.05, 0) is 6.42 Å². The maximum Gasteiger partial charge on any atom is 0.329 e. The molecule has 1 aliphatic rings. The molecule has 1 aliphatic heterocycles. The van der Waals surface area contributed by atoms with Gasteiger partial charge in [-0.1, -0.05) is 26.7 Å². The van der Waals surface area contributed by atoms with E-state index < -0.39 is 12.0 Å². The molecule has 0 spiro atoms. The van der Waals surface area contributed by atoms with E-state index in [1.165, 1.54) is 0 Å². The second-order valence-corrected chi connectivity index (χ2v) is 4.83. The maximum atomic E-state index is 11.6. The number of hydrogen-bond acceptors (Lipinski definition) is 4. The first-order valence-electron chi connectivity index (χ1n) is 6.52. The number of ketones is 1. The third-order valence-electron chi connectivity index (χ3n) is 3.04. The van der Waals surface area contributed by atoms with Gasteiger partial charge in [0, 0.05) is 12.3 Å². The lowest BCUT2D eigenvalue weighted by Gasteiger charge is -2.12. The van der Waals surface area contributed by atoms with Crippen LogP contribution in [0.5, 0.6) is 0 Å². The quantitative estimate of drug-likeness (QED) is 0.421. The average molecular weight is 255 g/mol. The Balaban J connectivity index is 2.28. The Morgan fingerprint density at radius 2 is 2.11 bits per heavy atom. The lowest BCUT2D eigenvalue weighted by atomic mass is 10.1. The van der Waals surface area contributed by atoms with Crippen LogP contribution in [0, 0.1) is 5.92 Å². The summed E-state index contributed by atoms with van der Waals surface area (Å²) < 4.78 is 4.82. The van der Waals surface area contributed by atoms with Crippen molar-refractivity contribution >= 4 is 17.7 Å². The number of rotatable bonds is 7. The van der Waals surface area contributed by atoms with E-state index in [-0.39, 0.29) is 24.0 Å². The highest BCUT2D eigenvalue weighted by Gasteiger charge is 2.35. The van der Waals surface area contributed by atoms with Gasteiger partial charge in [0.05, 0.1) is 13.0 Å². The van der Waals surface area contributed by atoms with Crippen LogP contribution in [-0.2, 0) is 19.1 Å². The number of ether oxygens (including phenoxy) is 1. The number of Topliss-reactive ketones (excluding diaryl/α,β-unsaturated/α-hetero) is 1. The van der Waals surface area contributed by atoms with Gasteiger partial charge in [0.15, 0.2) is 0 Å². The highest BCUT2D eigenvalue weighted by Crippen LogP contribution is 2.14. The van der Waals surface area contributed by atoms with E-state index in [1.54, 1.807) is 0 Å². The molecule has 0 unspecified atom stereocenters. The fourth-order valence-corrected chi connectivity index (χ4v) is 1.90. The van der Waals surface area contributed by atoms with Crippen molar-refractivity contribution in [2.24, 2.45) is 5.92 Å². The van der Waals surface area contributed by atoms with Gasteiger partial charge in [0.25, 0.3) is 0 Å². The number of hydrogen-bond donors (Lipinski definition) is 1. The molecule has 1 fully saturated rings. The van der Waals surface area contributed by atoms with Crippen molar-refractivity contribution in [2.75, 3.05) is 6.61 Å². The molecule has 5 heteroatoms. The molecule has 18 heavy (non-hydrogen) atoms. The SMILES string of the molecule is CCCCCC(=O)CC(=O)N[C@@H]1C(=O)OC[C@@H]1C. The predicted octanol–water partition coefficient (Wildman–Crippen LogP) is 1.20. The summed E-state index contributed by atoms with van der Waals surface area (Å²) in [5.41, 5.74) is 0. The van der Waals surface area contributed by atoms with E-state index in [4.69, 9.17) is 4.74 Å². The zero-order chi connectivity index (χ0) is 13.5.